The lowest BCUT2D eigenvalue weighted by Crippen LogP contribution is -2.30. The fourth-order valence-electron chi connectivity index (χ4n) is 3.41. The van der Waals surface area contributed by atoms with Crippen LogP contribution in [0.15, 0.2) is 24.3 Å². The maximum absolute atomic E-state index is 12.4. The van der Waals surface area contributed by atoms with Crippen molar-refractivity contribution in [1.29, 1.82) is 0 Å². The molecule has 0 radical (unpaired) electrons. The molecule has 0 amide bonds. The SMILES string of the molecule is CCCCCCCCCCCCCC[C@H](OC(C)=O)C(=O)Oc1ccc([N+](=O)[O-])cc1. The monoisotopic (exact) mass is 435 g/mol. The molecule has 0 N–H and O–H groups in total. The van der Waals surface area contributed by atoms with Crippen LogP contribution in [0.25, 0.3) is 0 Å². The lowest BCUT2D eigenvalue weighted by atomic mass is 10.0. The van der Waals surface area contributed by atoms with Crippen molar-refractivity contribution in [3.05, 3.63) is 34.4 Å². The Bertz CT molecular complexity index is 659. The molecule has 0 aliphatic rings. The van der Waals surface area contributed by atoms with Gasteiger partial charge in [-0.3, -0.25) is 14.9 Å². The zero-order valence-electron chi connectivity index (χ0n) is 19.0. The Balaban J connectivity index is 2.25. The first-order valence-electron chi connectivity index (χ1n) is 11.6. The zero-order valence-corrected chi connectivity index (χ0v) is 19.0. The van der Waals surface area contributed by atoms with Crippen LogP contribution < -0.4 is 4.74 Å². The summed E-state index contributed by atoms with van der Waals surface area (Å²) in [5.74, 6) is -1.01. The molecule has 0 bridgehead atoms. The standard InChI is InChI=1S/C24H37NO6/c1-3-4-5-6-7-8-9-10-11-12-13-14-15-23(30-20(2)26)24(27)31-22-18-16-21(17-19-22)25(28)29/h16-19,23H,3-15H2,1-2H3/t23-/m0/s1. The van der Waals surface area contributed by atoms with Crippen LogP contribution >= 0.6 is 0 Å². The molecule has 0 unspecified atom stereocenters. The van der Waals surface area contributed by atoms with Gasteiger partial charge in [0, 0.05) is 19.1 Å². The number of hydrogen-bond donors (Lipinski definition) is 0. The Morgan fingerprint density at radius 3 is 1.81 bits per heavy atom. The number of rotatable bonds is 17. The maximum atomic E-state index is 12.4. The fraction of sp³-hybridized carbons (Fsp3) is 0.667. The molecule has 1 aromatic carbocycles. The number of carbonyl (C=O) groups excluding carboxylic acids is 2. The van der Waals surface area contributed by atoms with Crippen LogP contribution in [-0.2, 0) is 14.3 Å². The van der Waals surface area contributed by atoms with Gasteiger partial charge in [-0.05, 0) is 25.0 Å². The van der Waals surface area contributed by atoms with Gasteiger partial charge < -0.3 is 9.47 Å². The summed E-state index contributed by atoms with van der Waals surface area (Å²) >= 11 is 0. The van der Waals surface area contributed by atoms with Crippen molar-refractivity contribution >= 4 is 17.6 Å². The number of unbranched alkanes of at least 4 members (excludes halogenated alkanes) is 11. The molecule has 0 aliphatic carbocycles. The third kappa shape index (κ3) is 12.8. The van der Waals surface area contributed by atoms with Gasteiger partial charge in [-0.25, -0.2) is 4.79 Å². The molecule has 0 aliphatic heterocycles. The minimum absolute atomic E-state index is 0.0900. The number of carbonyl (C=O) groups is 2. The molecule has 1 aromatic rings. The Morgan fingerprint density at radius 2 is 1.35 bits per heavy atom. The molecule has 31 heavy (non-hydrogen) atoms. The van der Waals surface area contributed by atoms with E-state index in [0.29, 0.717) is 6.42 Å². The second kappa shape index (κ2) is 16.3. The lowest BCUT2D eigenvalue weighted by molar-refractivity contribution is -0.384. The number of benzene rings is 1. The van der Waals surface area contributed by atoms with Gasteiger partial charge in [0.25, 0.3) is 5.69 Å². The van der Waals surface area contributed by atoms with Gasteiger partial charge in [0.15, 0.2) is 6.10 Å². The van der Waals surface area contributed by atoms with E-state index >= 15 is 0 Å². The van der Waals surface area contributed by atoms with Crippen LogP contribution in [0.4, 0.5) is 5.69 Å². The third-order valence-corrected chi connectivity index (χ3v) is 5.16. The second-order valence-electron chi connectivity index (χ2n) is 7.95. The number of nitro groups is 1. The van der Waals surface area contributed by atoms with Crippen molar-refractivity contribution in [3.63, 3.8) is 0 Å². The third-order valence-electron chi connectivity index (χ3n) is 5.16. The van der Waals surface area contributed by atoms with Crippen LogP contribution in [0.1, 0.15) is 97.3 Å². The molecule has 7 nitrogen and oxygen atoms in total. The van der Waals surface area contributed by atoms with Gasteiger partial charge in [-0.1, -0.05) is 77.6 Å². The minimum Gasteiger partial charge on any atom is -0.451 e. The number of ether oxygens (including phenoxy) is 2. The molecule has 1 rings (SSSR count). The van der Waals surface area contributed by atoms with Crippen molar-refractivity contribution in [2.75, 3.05) is 0 Å². The molecule has 0 heterocycles. The molecule has 0 aromatic heterocycles. The Labute approximate surface area is 185 Å². The predicted molar refractivity (Wildman–Crippen MR) is 120 cm³/mol. The fourth-order valence-corrected chi connectivity index (χ4v) is 3.41. The molecule has 7 heteroatoms. The molecule has 0 spiro atoms. The van der Waals surface area contributed by atoms with Crippen LogP contribution in [-0.4, -0.2) is 23.0 Å². The van der Waals surface area contributed by atoms with Crippen molar-refractivity contribution in [3.8, 4) is 5.75 Å². The highest BCUT2D eigenvalue weighted by atomic mass is 16.6. The summed E-state index contributed by atoms with van der Waals surface area (Å²) in [4.78, 5) is 33.9. The Hall–Kier alpha value is -2.44. The number of nitro benzene ring substituents is 1. The van der Waals surface area contributed by atoms with E-state index in [9.17, 15) is 19.7 Å². The van der Waals surface area contributed by atoms with Crippen molar-refractivity contribution in [2.24, 2.45) is 0 Å². The molecule has 1 atom stereocenters. The Kier molecular flexibility index (Phi) is 14.0. The summed E-state index contributed by atoms with van der Waals surface area (Å²) in [7, 11) is 0. The van der Waals surface area contributed by atoms with E-state index in [-0.39, 0.29) is 11.4 Å². The molecule has 174 valence electrons. The first kappa shape index (κ1) is 26.6. The zero-order chi connectivity index (χ0) is 22.9. The first-order valence-corrected chi connectivity index (χ1v) is 11.6. The van der Waals surface area contributed by atoms with Crippen LogP contribution in [0.2, 0.25) is 0 Å². The van der Waals surface area contributed by atoms with Crippen LogP contribution in [0.3, 0.4) is 0 Å². The number of hydrogen-bond acceptors (Lipinski definition) is 6. The first-order chi connectivity index (χ1) is 14.9. The predicted octanol–water partition coefficient (Wildman–Crippen LogP) is 6.52. The largest absolute Gasteiger partial charge is 0.451 e. The van der Waals surface area contributed by atoms with E-state index in [2.05, 4.69) is 6.92 Å². The van der Waals surface area contributed by atoms with Gasteiger partial charge in [0.2, 0.25) is 0 Å². The summed E-state index contributed by atoms with van der Waals surface area (Å²) in [5, 5.41) is 10.7. The summed E-state index contributed by atoms with van der Waals surface area (Å²) in [5.41, 5.74) is -0.0900. The van der Waals surface area contributed by atoms with E-state index in [0.717, 1.165) is 19.3 Å². The summed E-state index contributed by atoms with van der Waals surface area (Å²) < 4.78 is 10.4. The highest BCUT2D eigenvalue weighted by Gasteiger charge is 2.23. The normalized spacial score (nSPS) is 11.7. The van der Waals surface area contributed by atoms with E-state index in [1.807, 2.05) is 0 Å². The highest BCUT2D eigenvalue weighted by molar-refractivity contribution is 5.80. The van der Waals surface area contributed by atoms with Crippen molar-refractivity contribution in [2.45, 2.75) is 103 Å². The molecule has 0 saturated carbocycles. The molecular weight excluding hydrogens is 398 g/mol. The minimum atomic E-state index is -0.962. The topological polar surface area (TPSA) is 95.7 Å². The molecular formula is C24H37NO6. The quantitative estimate of drug-likeness (QED) is 0.0908. The van der Waals surface area contributed by atoms with E-state index < -0.39 is 23.0 Å². The van der Waals surface area contributed by atoms with Crippen LogP contribution in [0, 0.1) is 10.1 Å². The van der Waals surface area contributed by atoms with E-state index in [1.165, 1.54) is 89.0 Å². The lowest BCUT2D eigenvalue weighted by Gasteiger charge is -2.15. The average molecular weight is 436 g/mol. The number of nitrogens with zero attached hydrogens (tertiary/aromatic N) is 1. The van der Waals surface area contributed by atoms with Gasteiger partial charge in [0.1, 0.15) is 5.75 Å². The van der Waals surface area contributed by atoms with E-state index in [4.69, 9.17) is 9.47 Å². The second-order valence-corrected chi connectivity index (χ2v) is 7.95. The Morgan fingerprint density at radius 1 is 0.871 bits per heavy atom. The number of non-ortho nitro benzene ring substituents is 1. The molecule has 0 saturated heterocycles. The average Bonchev–Trinajstić information content (AvgIpc) is 2.73. The van der Waals surface area contributed by atoms with Gasteiger partial charge in [-0.15, -0.1) is 0 Å². The number of esters is 2. The highest BCUT2D eigenvalue weighted by Crippen LogP contribution is 2.19. The van der Waals surface area contributed by atoms with Crippen molar-refractivity contribution in [1.82, 2.24) is 0 Å². The summed E-state index contributed by atoms with van der Waals surface area (Å²) in [6.07, 6.45) is 14.0. The van der Waals surface area contributed by atoms with E-state index in [1.54, 1.807) is 0 Å². The maximum Gasteiger partial charge on any atom is 0.352 e. The van der Waals surface area contributed by atoms with Gasteiger partial charge in [0.05, 0.1) is 4.92 Å². The summed E-state index contributed by atoms with van der Waals surface area (Å²) in [6.45, 7) is 3.49. The molecule has 0 fully saturated rings. The smallest absolute Gasteiger partial charge is 0.352 e. The van der Waals surface area contributed by atoms with Gasteiger partial charge in [-0.2, -0.15) is 0 Å². The van der Waals surface area contributed by atoms with Crippen LogP contribution in [0.5, 0.6) is 5.75 Å². The van der Waals surface area contributed by atoms with Crippen molar-refractivity contribution < 1.29 is 24.0 Å². The van der Waals surface area contributed by atoms with Gasteiger partial charge >= 0.3 is 11.9 Å². The summed E-state index contributed by atoms with van der Waals surface area (Å²) in [6, 6.07) is 5.22.